The lowest BCUT2D eigenvalue weighted by Gasteiger charge is -2.31. The lowest BCUT2D eigenvalue weighted by Crippen LogP contribution is -2.52. The highest BCUT2D eigenvalue weighted by Gasteiger charge is 2.25. The van der Waals surface area contributed by atoms with Crippen molar-refractivity contribution in [1.29, 1.82) is 0 Å². The summed E-state index contributed by atoms with van der Waals surface area (Å²) in [6.45, 7) is 6.29. The Morgan fingerprint density at radius 3 is 2.68 bits per heavy atom. The van der Waals surface area contributed by atoms with Crippen molar-refractivity contribution in [2.45, 2.75) is 64.1 Å². The van der Waals surface area contributed by atoms with Gasteiger partial charge in [0.25, 0.3) is 0 Å². The molecule has 6 heteroatoms. The van der Waals surface area contributed by atoms with Crippen LogP contribution in [0.2, 0.25) is 0 Å². The summed E-state index contributed by atoms with van der Waals surface area (Å²) >= 11 is 0. The Hall–Kier alpha value is -1.30. The number of aliphatic carboxylic acids is 1. The van der Waals surface area contributed by atoms with Gasteiger partial charge in [-0.1, -0.05) is 0 Å². The number of ether oxygens (including phenoxy) is 1. The number of urea groups is 1. The summed E-state index contributed by atoms with van der Waals surface area (Å²) in [6, 6.07) is -0.117. The third-order valence-electron chi connectivity index (χ3n) is 3.24. The molecule has 0 radical (unpaired) electrons. The minimum Gasteiger partial charge on any atom is -0.481 e. The summed E-state index contributed by atoms with van der Waals surface area (Å²) in [5.74, 6) is -0.853. The zero-order valence-electron chi connectivity index (χ0n) is 11.9. The van der Waals surface area contributed by atoms with Crippen LogP contribution in [-0.4, -0.2) is 41.4 Å². The Labute approximate surface area is 113 Å². The molecule has 1 saturated heterocycles. The molecule has 2 amide bonds. The molecule has 1 rings (SSSR count). The zero-order valence-corrected chi connectivity index (χ0v) is 11.9. The van der Waals surface area contributed by atoms with Gasteiger partial charge in [-0.05, 0) is 40.0 Å². The zero-order chi connectivity index (χ0) is 14.5. The maximum absolute atomic E-state index is 11.9. The molecule has 0 saturated carbocycles. The first kappa shape index (κ1) is 15.8. The molecule has 110 valence electrons. The molecular weight excluding hydrogens is 248 g/mol. The average Bonchev–Trinajstić information content (AvgIpc) is 2.25. The SMILES string of the molecule is CC1CC(NC(=O)NC(C)(C)CCC(=O)O)CCO1. The van der Waals surface area contributed by atoms with Crippen LogP contribution < -0.4 is 10.6 Å². The fraction of sp³-hybridized carbons (Fsp3) is 0.846. The van der Waals surface area contributed by atoms with Gasteiger partial charge in [0.2, 0.25) is 0 Å². The van der Waals surface area contributed by atoms with Crippen molar-refractivity contribution in [3.05, 3.63) is 0 Å². The Morgan fingerprint density at radius 2 is 2.11 bits per heavy atom. The monoisotopic (exact) mass is 272 g/mol. The van der Waals surface area contributed by atoms with Crippen LogP contribution in [0.3, 0.4) is 0 Å². The van der Waals surface area contributed by atoms with Gasteiger partial charge in [0.05, 0.1) is 6.10 Å². The third-order valence-corrected chi connectivity index (χ3v) is 3.24. The van der Waals surface area contributed by atoms with Gasteiger partial charge in [-0.25, -0.2) is 4.79 Å². The normalized spacial score (nSPS) is 23.7. The number of rotatable bonds is 5. The van der Waals surface area contributed by atoms with E-state index >= 15 is 0 Å². The summed E-state index contributed by atoms with van der Waals surface area (Å²) in [6.07, 6.45) is 2.23. The summed E-state index contributed by atoms with van der Waals surface area (Å²) in [5.41, 5.74) is -0.529. The first-order chi connectivity index (χ1) is 8.78. The van der Waals surface area contributed by atoms with Crippen LogP contribution in [0.4, 0.5) is 4.79 Å². The number of carbonyl (C=O) groups is 2. The van der Waals surface area contributed by atoms with Crippen molar-refractivity contribution in [3.8, 4) is 0 Å². The van der Waals surface area contributed by atoms with Crippen LogP contribution >= 0.6 is 0 Å². The minimum atomic E-state index is -0.853. The van der Waals surface area contributed by atoms with Gasteiger partial charge in [0.15, 0.2) is 0 Å². The highest BCUT2D eigenvalue weighted by Crippen LogP contribution is 2.14. The Balaban J connectivity index is 2.34. The van der Waals surface area contributed by atoms with E-state index < -0.39 is 11.5 Å². The first-order valence-electron chi connectivity index (χ1n) is 6.70. The topological polar surface area (TPSA) is 87.7 Å². The van der Waals surface area contributed by atoms with E-state index in [1.165, 1.54) is 0 Å². The minimum absolute atomic E-state index is 0.0432. The van der Waals surface area contributed by atoms with Gasteiger partial charge < -0.3 is 20.5 Å². The molecule has 0 aromatic rings. The molecule has 0 aliphatic carbocycles. The molecule has 0 spiro atoms. The van der Waals surface area contributed by atoms with Crippen LogP contribution in [0.1, 0.15) is 46.5 Å². The van der Waals surface area contributed by atoms with Crippen molar-refractivity contribution in [1.82, 2.24) is 10.6 Å². The highest BCUT2D eigenvalue weighted by molar-refractivity contribution is 5.75. The quantitative estimate of drug-likeness (QED) is 0.707. The fourth-order valence-corrected chi connectivity index (χ4v) is 2.14. The Kier molecular flexibility index (Phi) is 5.60. The second-order valence-corrected chi connectivity index (χ2v) is 5.78. The smallest absolute Gasteiger partial charge is 0.315 e. The second kappa shape index (κ2) is 6.75. The molecule has 1 aliphatic rings. The van der Waals surface area contributed by atoms with Crippen molar-refractivity contribution in [2.24, 2.45) is 0 Å². The highest BCUT2D eigenvalue weighted by atomic mass is 16.5. The van der Waals surface area contributed by atoms with E-state index in [1.807, 2.05) is 20.8 Å². The maximum Gasteiger partial charge on any atom is 0.315 e. The third kappa shape index (κ3) is 6.42. The summed E-state index contributed by atoms with van der Waals surface area (Å²) < 4.78 is 5.42. The Morgan fingerprint density at radius 1 is 1.42 bits per heavy atom. The molecule has 1 fully saturated rings. The van der Waals surface area contributed by atoms with Gasteiger partial charge in [-0.15, -0.1) is 0 Å². The number of carboxylic acid groups (broad SMARTS) is 1. The molecule has 19 heavy (non-hydrogen) atoms. The molecular formula is C13H24N2O4. The molecule has 1 aliphatic heterocycles. The van der Waals surface area contributed by atoms with Gasteiger partial charge in [-0.2, -0.15) is 0 Å². The van der Waals surface area contributed by atoms with E-state index in [0.29, 0.717) is 13.0 Å². The van der Waals surface area contributed by atoms with Gasteiger partial charge >= 0.3 is 12.0 Å². The summed E-state index contributed by atoms with van der Waals surface area (Å²) in [7, 11) is 0. The number of carbonyl (C=O) groups excluding carboxylic acids is 1. The lowest BCUT2D eigenvalue weighted by atomic mass is 9.98. The van der Waals surface area contributed by atoms with Crippen LogP contribution in [0.5, 0.6) is 0 Å². The number of amides is 2. The molecule has 2 atom stereocenters. The predicted octanol–water partition coefficient (Wildman–Crippen LogP) is 1.50. The molecule has 0 aromatic heterocycles. The largest absolute Gasteiger partial charge is 0.481 e. The van der Waals surface area contributed by atoms with Crippen molar-refractivity contribution < 1.29 is 19.4 Å². The van der Waals surface area contributed by atoms with E-state index in [9.17, 15) is 9.59 Å². The van der Waals surface area contributed by atoms with Crippen molar-refractivity contribution >= 4 is 12.0 Å². The molecule has 0 bridgehead atoms. The second-order valence-electron chi connectivity index (χ2n) is 5.78. The van der Waals surface area contributed by atoms with Crippen LogP contribution in [0.25, 0.3) is 0 Å². The molecule has 6 nitrogen and oxygen atoms in total. The molecule has 3 N–H and O–H groups in total. The number of hydrogen-bond donors (Lipinski definition) is 3. The standard InChI is InChI=1S/C13H24N2O4/c1-9-8-10(5-7-19-9)14-12(18)15-13(2,3)6-4-11(16)17/h9-10H,4-8H2,1-3H3,(H,16,17)(H2,14,15,18). The predicted molar refractivity (Wildman–Crippen MR) is 71.1 cm³/mol. The van der Waals surface area contributed by atoms with Gasteiger partial charge in [0.1, 0.15) is 0 Å². The van der Waals surface area contributed by atoms with Crippen molar-refractivity contribution in [2.75, 3.05) is 6.61 Å². The molecule has 1 heterocycles. The first-order valence-corrected chi connectivity index (χ1v) is 6.70. The average molecular weight is 272 g/mol. The van der Waals surface area contributed by atoms with Crippen LogP contribution in [-0.2, 0) is 9.53 Å². The molecule has 0 aromatic carbocycles. The van der Waals surface area contributed by atoms with E-state index in [0.717, 1.165) is 12.8 Å². The number of hydrogen-bond acceptors (Lipinski definition) is 3. The molecule has 2 unspecified atom stereocenters. The Bertz CT molecular complexity index is 331. The van der Waals surface area contributed by atoms with Crippen molar-refractivity contribution in [3.63, 3.8) is 0 Å². The van der Waals surface area contributed by atoms with E-state index in [1.54, 1.807) is 0 Å². The summed E-state index contributed by atoms with van der Waals surface area (Å²) in [4.78, 5) is 22.4. The van der Waals surface area contributed by atoms with Gasteiger partial charge in [0, 0.05) is 24.6 Å². The number of carboxylic acids is 1. The lowest BCUT2D eigenvalue weighted by molar-refractivity contribution is -0.137. The van der Waals surface area contributed by atoms with E-state index in [-0.39, 0.29) is 24.6 Å². The maximum atomic E-state index is 11.9. The summed E-state index contributed by atoms with van der Waals surface area (Å²) in [5, 5.41) is 14.4. The van der Waals surface area contributed by atoms with Crippen LogP contribution in [0.15, 0.2) is 0 Å². The van der Waals surface area contributed by atoms with Gasteiger partial charge in [-0.3, -0.25) is 4.79 Å². The van der Waals surface area contributed by atoms with E-state index in [4.69, 9.17) is 9.84 Å². The van der Waals surface area contributed by atoms with E-state index in [2.05, 4.69) is 10.6 Å². The van der Waals surface area contributed by atoms with Crippen LogP contribution in [0, 0.1) is 0 Å². The fourth-order valence-electron chi connectivity index (χ4n) is 2.14. The number of nitrogens with one attached hydrogen (secondary N) is 2.